The Labute approximate surface area is 150 Å². The molecule has 128 valence electrons. The quantitative estimate of drug-likeness (QED) is 0.684. The Hall–Kier alpha value is -1.16. The molecule has 0 aliphatic heterocycles. The Balaban J connectivity index is 0.00000264. The van der Waals surface area contributed by atoms with Gasteiger partial charge in [-0.25, -0.2) is 9.13 Å². The van der Waals surface area contributed by atoms with Gasteiger partial charge in [-0.2, -0.15) is 0 Å². The molecule has 0 bridgehead atoms. The number of halogens is 1. The second-order valence-electron chi connectivity index (χ2n) is 7.07. The predicted octanol–water partition coefficient (Wildman–Crippen LogP) is 0.911. The molecule has 1 aromatic carbocycles. The lowest BCUT2D eigenvalue weighted by molar-refractivity contribution is -0.667. The van der Waals surface area contributed by atoms with Gasteiger partial charge in [0.05, 0.1) is 6.54 Å². The SMILES string of the molecule is CCCc1n(CCC)c2ccccc2[n+]1CC(=O)C(C)(C)C.[Br-]. The van der Waals surface area contributed by atoms with E-state index in [-0.39, 0.29) is 28.2 Å². The fourth-order valence-corrected chi connectivity index (χ4v) is 2.87. The van der Waals surface area contributed by atoms with E-state index in [1.165, 1.54) is 16.9 Å². The zero-order chi connectivity index (χ0) is 16.3. The number of aromatic nitrogens is 2. The number of carbonyl (C=O) groups is 1. The largest absolute Gasteiger partial charge is 1.00 e. The molecule has 0 atom stereocenters. The number of imidazole rings is 1. The molecule has 0 saturated heterocycles. The van der Waals surface area contributed by atoms with Crippen LogP contribution in [0.2, 0.25) is 0 Å². The summed E-state index contributed by atoms with van der Waals surface area (Å²) in [7, 11) is 0. The van der Waals surface area contributed by atoms with Crippen molar-refractivity contribution in [1.29, 1.82) is 0 Å². The van der Waals surface area contributed by atoms with Crippen LogP contribution in [0.15, 0.2) is 24.3 Å². The molecule has 0 unspecified atom stereocenters. The summed E-state index contributed by atoms with van der Waals surface area (Å²) in [6.45, 7) is 11.9. The maximum atomic E-state index is 12.6. The third kappa shape index (κ3) is 4.23. The zero-order valence-corrected chi connectivity index (χ0v) is 16.6. The highest BCUT2D eigenvalue weighted by molar-refractivity contribution is 5.83. The van der Waals surface area contributed by atoms with Gasteiger partial charge in [-0.05, 0) is 25.0 Å². The molecular weight excluding hydrogens is 352 g/mol. The molecule has 0 aliphatic rings. The Morgan fingerprint density at radius 3 is 2.35 bits per heavy atom. The summed E-state index contributed by atoms with van der Waals surface area (Å²) in [5, 5.41) is 0. The standard InChI is InChI=1S/C19H29N2O.BrH/c1-6-10-18-20(13-7-2)15-11-8-9-12-16(15)21(18)14-17(22)19(3,4)5;/h8-9,11-12H,6-7,10,13-14H2,1-5H3;1H/q+1;/p-1. The summed E-state index contributed by atoms with van der Waals surface area (Å²) in [6.07, 6.45) is 3.19. The lowest BCUT2D eigenvalue weighted by atomic mass is 9.91. The topological polar surface area (TPSA) is 25.9 Å². The van der Waals surface area contributed by atoms with Crippen LogP contribution in [0.3, 0.4) is 0 Å². The third-order valence-electron chi connectivity index (χ3n) is 4.15. The molecule has 0 N–H and O–H groups in total. The molecule has 4 heteroatoms. The van der Waals surface area contributed by atoms with Gasteiger partial charge in [-0.15, -0.1) is 0 Å². The number of rotatable bonds is 6. The fourth-order valence-electron chi connectivity index (χ4n) is 2.87. The van der Waals surface area contributed by atoms with E-state index in [1.807, 2.05) is 20.8 Å². The number of para-hydroxylation sites is 2. The average molecular weight is 381 g/mol. The number of nitrogens with zero attached hydrogens (tertiary/aromatic N) is 2. The average Bonchev–Trinajstić information content (AvgIpc) is 2.74. The zero-order valence-electron chi connectivity index (χ0n) is 15.0. The third-order valence-corrected chi connectivity index (χ3v) is 4.15. The monoisotopic (exact) mass is 380 g/mol. The summed E-state index contributed by atoms with van der Waals surface area (Å²) in [5.41, 5.74) is 2.12. The summed E-state index contributed by atoms with van der Waals surface area (Å²) >= 11 is 0. The normalized spacial score (nSPS) is 11.5. The van der Waals surface area contributed by atoms with Gasteiger partial charge in [0.25, 0.3) is 5.82 Å². The van der Waals surface area contributed by atoms with E-state index in [4.69, 9.17) is 0 Å². The van der Waals surface area contributed by atoms with E-state index >= 15 is 0 Å². The van der Waals surface area contributed by atoms with Gasteiger partial charge >= 0.3 is 0 Å². The molecule has 0 spiro atoms. The van der Waals surface area contributed by atoms with Crippen molar-refractivity contribution >= 4 is 16.8 Å². The highest BCUT2D eigenvalue weighted by Gasteiger charge is 2.29. The molecule has 3 nitrogen and oxygen atoms in total. The van der Waals surface area contributed by atoms with Crippen molar-refractivity contribution in [1.82, 2.24) is 4.57 Å². The maximum absolute atomic E-state index is 12.6. The molecular formula is C19H29BrN2O. The molecule has 0 fully saturated rings. The number of aryl methyl sites for hydroxylation is 1. The molecule has 1 aromatic heterocycles. The first kappa shape index (κ1) is 19.9. The van der Waals surface area contributed by atoms with Gasteiger partial charge in [0.1, 0.15) is 6.54 Å². The van der Waals surface area contributed by atoms with Crippen molar-refractivity contribution < 1.29 is 26.3 Å². The highest BCUT2D eigenvalue weighted by Crippen LogP contribution is 2.19. The van der Waals surface area contributed by atoms with Crippen molar-refractivity contribution in [2.75, 3.05) is 0 Å². The number of hydrogen-bond acceptors (Lipinski definition) is 1. The smallest absolute Gasteiger partial charge is 0.257 e. The number of fused-ring (bicyclic) bond motifs is 1. The minimum atomic E-state index is -0.301. The van der Waals surface area contributed by atoms with E-state index in [1.54, 1.807) is 0 Å². The predicted molar refractivity (Wildman–Crippen MR) is 90.9 cm³/mol. The van der Waals surface area contributed by atoms with Crippen molar-refractivity contribution in [3.05, 3.63) is 30.1 Å². The molecule has 23 heavy (non-hydrogen) atoms. The van der Waals surface area contributed by atoms with Gasteiger partial charge in [-0.3, -0.25) is 4.79 Å². The van der Waals surface area contributed by atoms with Crippen molar-refractivity contribution in [2.45, 2.75) is 67.0 Å². The van der Waals surface area contributed by atoms with Crippen LogP contribution in [-0.4, -0.2) is 10.4 Å². The van der Waals surface area contributed by atoms with E-state index in [0.717, 1.165) is 25.8 Å². The Kier molecular flexibility index (Phi) is 7.00. The maximum Gasteiger partial charge on any atom is 0.257 e. The number of hydrogen-bond donors (Lipinski definition) is 0. The van der Waals surface area contributed by atoms with Gasteiger partial charge in [0.2, 0.25) is 0 Å². The second-order valence-corrected chi connectivity index (χ2v) is 7.07. The van der Waals surface area contributed by atoms with Crippen molar-refractivity contribution in [2.24, 2.45) is 5.41 Å². The van der Waals surface area contributed by atoms with Crippen LogP contribution in [0, 0.1) is 5.41 Å². The van der Waals surface area contributed by atoms with Crippen LogP contribution in [0.4, 0.5) is 0 Å². The van der Waals surface area contributed by atoms with E-state index in [0.29, 0.717) is 6.54 Å². The number of ketones is 1. The number of benzene rings is 1. The van der Waals surface area contributed by atoms with Crippen LogP contribution >= 0.6 is 0 Å². The van der Waals surface area contributed by atoms with Gasteiger partial charge < -0.3 is 17.0 Å². The van der Waals surface area contributed by atoms with Gasteiger partial charge in [-0.1, -0.05) is 46.8 Å². The van der Waals surface area contributed by atoms with Gasteiger partial charge in [0.15, 0.2) is 16.8 Å². The summed E-state index contributed by atoms with van der Waals surface area (Å²) in [5.74, 6) is 1.57. The first-order chi connectivity index (χ1) is 10.4. The molecule has 0 aliphatic carbocycles. The lowest BCUT2D eigenvalue weighted by Crippen LogP contribution is -3.00. The molecule has 0 saturated carbocycles. The van der Waals surface area contributed by atoms with Crippen molar-refractivity contribution in [3.8, 4) is 0 Å². The lowest BCUT2D eigenvalue weighted by Gasteiger charge is -2.15. The Morgan fingerprint density at radius 1 is 1.13 bits per heavy atom. The van der Waals surface area contributed by atoms with Crippen LogP contribution in [-0.2, 0) is 24.3 Å². The van der Waals surface area contributed by atoms with Crippen LogP contribution in [0.1, 0.15) is 53.3 Å². The Bertz CT molecular complexity index is 668. The van der Waals surface area contributed by atoms with E-state index in [2.05, 4.69) is 47.2 Å². The van der Waals surface area contributed by atoms with E-state index < -0.39 is 0 Å². The summed E-state index contributed by atoms with van der Waals surface area (Å²) in [4.78, 5) is 12.6. The molecule has 2 rings (SSSR count). The highest BCUT2D eigenvalue weighted by atomic mass is 79.9. The minimum absolute atomic E-state index is 0. The minimum Gasteiger partial charge on any atom is -1.00 e. The summed E-state index contributed by atoms with van der Waals surface area (Å²) < 4.78 is 4.64. The molecule has 1 heterocycles. The first-order valence-corrected chi connectivity index (χ1v) is 8.43. The Morgan fingerprint density at radius 2 is 1.78 bits per heavy atom. The van der Waals surface area contributed by atoms with E-state index in [9.17, 15) is 4.79 Å². The van der Waals surface area contributed by atoms with Crippen molar-refractivity contribution in [3.63, 3.8) is 0 Å². The molecule has 0 radical (unpaired) electrons. The molecule has 0 amide bonds. The number of carbonyl (C=O) groups excluding carboxylic acids is 1. The van der Waals surface area contributed by atoms with Gasteiger partial charge in [0, 0.05) is 11.8 Å². The molecule has 2 aromatic rings. The number of Topliss-reactive ketones (excluding diaryl/α,β-unsaturated/α-hetero) is 1. The first-order valence-electron chi connectivity index (χ1n) is 8.43. The van der Waals surface area contributed by atoms with Crippen LogP contribution < -0.4 is 21.5 Å². The fraction of sp³-hybridized carbons (Fsp3) is 0.579. The van der Waals surface area contributed by atoms with Crippen LogP contribution in [0.5, 0.6) is 0 Å². The summed E-state index contributed by atoms with van der Waals surface area (Å²) in [6, 6.07) is 8.45. The second kappa shape index (κ2) is 8.09. The van der Waals surface area contributed by atoms with Crippen LogP contribution in [0.25, 0.3) is 11.0 Å².